The number of carboxylic acid groups (broad SMARTS) is 1. The molecule has 210 valence electrons. The summed E-state index contributed by atoms with van der Waals surface area (Å²) in [5.74, 6) is -3.43. The van der Waals surface area contributed by atoms with Crippen LogP contribution in [-0.2, 0) is 6.61 Å². The lowest BCUT2D eigenvalue weighted by Crippen LogP contribution is -2.47. The fraction of sp³-hybridized carbons (Fsp3) is 0.542. The lowest BCUT2D eigenvalue weighted by atomic mass is 10.2. The minimum absolute atomic E-state index is 0.0409. The molecule has 4 N–H and O–H groups in total. The number of aliphatic hydroxyl groups excluding tert-OH is 1. The number of ether oxygens (including phenoxy) is 1. The van der Waals surface area contributed by atoms with Crippen molar-refractivity contribution in [2.45, 2.75) is 32.3 Å². The van der Waals surface area contributed by atoms with Crippen molar-refractivity contribution in [1.29, 1.82) is 0 Å². The summed E-state index contributed by atoms with van der Waals surface area (Å²) in [5, 5.41) is 23.7. The van der Waals surface area contributed by atoms with Gasteiger partial charge in [0.1, 0.15) is 23.2 Å². The summed E-state index contributed by atoms with van der Waals surface area (Å²) in [6.07, 6.45) is 3.85. The molecule has 0 atom stereocenters. The third kappa shape index (κ3) is 9.12. The molecule has 0 spiro atoms. The van der Waals surface area contributed by atoms with Gasteiger partial charge >= 0.3 is 12.0 Å². The highest BCUT2D eigenvalue weighted by atomic mass is 79.9. The van der Waals surface area contributed by atoms with E-state index in [1.165, 1.54) is 0 Å². The molecule has 1 saturated heterocycles. The number of nitrogens with one attached hydrogen (secondary N) is 2. The second-order valence-corrected chi connectivity index (χ2v) is 10.5. The summed E-state index contributed by atoms with van der Waals surface area (Å²) in [6, 6.07) is 1.56. The quantitative estimate of drug-likeness (QED) is 0.236. The van der Waals surface area contributed by atoms with E-state index >= 15 is 0 Å². The molecule has 1 aromatic heterocycles. The number of anilines is 1. The molecule has 38 heavy (non-hydrogen) atoms. The first kappa shape index (κ1) is 30.2. The number of carboxylic acids is 1. The predicted molar refractivity (Wildman–Crippen MR) is 143 cm³/mol. The van der Waals surface area contributed by atoms with Crippen LogP contribution in [0, 0.1) is 11.6 Å². The molecule has 1 aliphatic heterocycles. The van der Waals surface area contributed by atoms with Gasteiger partial charge in [-0.1, -0.05) is 28.8 Å². The third-order valence-electron chi connectivity index (χ3n) is 6.13. The molecular weight excluding hydrogens is 588 g/mol. The van der Waals surface area contributed by atoms with Gasteiger partial charge in [-0.05, 0) is 43.1 Å². The molecule has 1 aliphatic rings. The van der Waals surface area contributed by atoms with Gasteiger partial charge in [0.2, 0.25) is 5.88 Å². The van der Waals surface area contributed by atoms with Crippen LogP contribution in [0.25, 0.3) is 0 Å². The summed E-state index contributed by atoms with van der Waals surface area (Å²) in [5.41, 5.74) is -0.759. The van der Waals surface area contributed by atoms with Crippen LogP contribution < -0.4 is 15.4 Å². The predicted octanol–water partition coefficient (Wildman–Crippen LogP) is 3.75. The zero-order chi connectivity index (χ0) is 27.5. The number of carbonyl (C=O) groups excluding carboxylic acids is 1. The van der Waals surface area contributed by atoms with E-state index in [1.54, 1.807) is 0 Å². The molecule has 0 bridgehead atoms. The van der Waals surface area contributed by atoms with E-state index in [1.807, 2.05) is 0 Å². The van der Waals surface area contributed by atoms with Crippen LogP contribution >= 0.6 is 27.5 Å². The number of β-amino-alcohol motifs (C(OH)–C–C–N with tert-alkyl or cyclic N) is 1. The van der Waals surface area contributed by atoms with E-state index in [2.05, 4.69) is 40.7 Å². The van der Waals surface area contributed by atoms with Crippen LogP contribution in [-0.4, -0.2) is 88.8 Å². The van der Waals surface area contributed by atoms with Crippen LogP contribution in [0.5, 0.6) is 5.88 Å². The Morgan fingerprint density at radius 2 is 1.68 bits per heavy atom. The van der Waals surface area contributed by atoms with Gasteiger partial charge in [0.05, 0.1) is 12.2 Å². The molecule has 2 amide bonds. The van der Waals surface area contributed by atoms with Crippen molar-refractivity contribution in [3.63, 3.8) is 0 Å². The highest BCUT2D eigenvalue weighted by Gasteiger charge is 2.24. The number of aromatic carboxylic acids is 1. The van der Waals surface area contributed by atoms with Gasteiger partial charge in [-0.15, -0.1) is 0 Å². The van der Waals surface area contributed by atoms with Gasteiger partial charge in [-0.3, -0.25) is 10.2 Å². The van der Waals surface area contributed by atoms with Crippen molar-refractivity contribution < 1.29 is 33.3 Å². The molecule has 0 unspecified atom stereocenters. The zero-order valence-electron chi connectivity index (χ0n) is 20.9. The lowest BCUT2D eigenvalue weighted by molar-refractivity contribution is 0.0693. The molecule has 1 aromatic carbocycles. The van der Waals surface area contributed by atoms with E-state index < -0.39 is 30.2 Å². The maximum absolute atomic E-state index is 14.0. The Morgan fingerprint density at radius 3 is 2.32 bits per heavy atom. The van der Waals surface area contributed by atoms with E-state index in [0.717, 1.165) is 77.1 Å². The Balaban J connectivity index is 1.36. The number of piperazine rings is 1. The Kier molecular flexibility index (Phi) is 12.1. The molecule has 2 heterocycles. The number of aromatic nitrogens is 1. The SMILES string of the molecule is O=C(NCCCCCCN1CCN(CCO)CC1)Nc1snc(OCc2c(F)cc(Br)cc2F)c1C(=O)O. The van der Waals surface area contributed by atoms with E-state index in [0.29, 0.717) is 18.1 Å². The van der Waals surface area contributed by atoms with Crippen molar-refractivity contribution in [3.05, 3.63) is 39.4 Å². The first-order valence-electron chi connectivity index (χ1n) is 12.4. The Hall–Kier alpha value is -2.39. The van der Waals surface area contributed by atoms with Gasteiger partial charge < -0.3 is 25.2 Å². The van der Waals surface area contributed by atoms with Gasteiger partial charge in [0.15, 0.2) is 5.56 Å². The molecule has 3 rings (SSSR count). The highest BCUT2D eigenvalue weighted by molar-refractivity contribution is 9.10. The number of nitrogens with zero attached hydrogens (tertiary/aromatic N) is 3. The molecule has 0 radical (unpaired) electrons. The fourth-order valence-corrected chi connectivity index (χ4v) is 5.16. The summed E-state index contributed by atoms with van der Waals surface area (Å²) in [6.45, 7) is 5.83. The van der Waals surface area contributed by atoms with Crippen LogP contribution in [0.1, 0.15) is 41.6 Å². The molecule has 0 saturated carbocycles. The monoisotopic (exact) mass is 619 g/mol. The first-order chi connectivity index (χ1) is 18.3. The zero-order valence-corrected chi connectivity index (χ0v) is 23.3. The number of benzene rings is 1. The summed E-state index contributed by atoms with van der Waals surface area (Å²) >= 11 is 3.69. The highest BCUT2D eigenvalue weighted by Crippen LogP contribution is 2.31. The van der Waals surface area contributed by atoms with Crippen LogP contribution in [0.15, 0.2) is 16.6 Å². The van der Waals surface area contributed by atoms with Crippen molar-refractivity contribution in [2.24, 2.45) is 0 Å². The Morgan fingerprint density at radius 1 is 1.05 bits per heavy atom. The third-order valence-corrected chi connectivity index (χ3v) is 7.33. The average Bonchev–Trinajstić information content (AvgIpc) is 3.26. The number of unbranched alkanes of at least 4 members (excludes halogenated alkanes) is 3. The van der Waals surface area contributed by atoms with Crippen LogP contribution in [0.4, 0.5) is 18.6 Å². The minimum Gasteiger partial charge on any atom is -0.477 e. The number of aliphatic hydroxyl groups is 1. The standard InChI is InChI=1S/C24H32BrF2N5O5S/c25-16-13-18(26)17(19(27)14-16)15-37-21-20(23(34)35)22(38-30-21)29-24(36)28-5-3-1-2-4-6-31-7-9-32(10-8-31)11-12-33/h13-14,33H,1-12,15H2,(H,34,35)(H2,28,29,36). The van der Waals surface area contributed by atoms with Gasteiger partial charge in [-0.25, -0.2) is 18.4 Å². The van der Waals surface area contributed by atoms with Gasteiger partial charge in [0.25, 0.3) is 0 Å². The number of hydrogen-bond acceptors (Lipinski definition) is 8. The topological polar surface area (TPSA) is 127 Å². The largest absolute Gasteiger partial charge is 0.477 e. The van der Waals surface area contributed by atoms with Crippen molar-refractivity contribution in [1.82, 2.24) is 19.5 Å². The first-order valence-corrected chi connectivity index (χ1v) is 13.9. The maximum Gasteiger partial charge on any atom is 0.344 e. The van der Waals surface area contributed by atoms with Crippen LogP contribution in [0.2, 0.25) is 0 Å². The van der Waals surface area contributed by atoms with Crippen molar-refractivity contribution >= 4 is 44.5 Å². The summed E-state index contributed by atoms with van der Waals surface area (Å²) in [7, 11) is 0. The smallest absolute Gasteiger partial charge is 0.344 e. The summed E-state index contributed by atoms with van der Waals surface area (Å²) in [4.78, 5) is 28.7. The van der Waals surface area contributed by atoms with E-state index in [9.17, 15) is 23.5 Å². The second-order valence-electron chi connectivity index (χ2n) is 8.84. The van der Waals surface area contributed by atoms with Gasteiger partial charge in [-0.2, -0.15) is 4.37 Å². The molecular formula is C24H32BrF2N5O5S. The summed E-state index contributed by atoms with van der Waals surface area (Å²) < 4.78 is 37.4. The molecule has 2 aromatic rings. The number of carbonyl (C=O) groups is 2. The average molecular weight is 621 g/mol. The molecule has 14 heteroatoms. The molecule has 1 fully saturated rings. The van der Waals surface area contributed by atoms with Crippen LogP contribution in [0.3, 0.4) is 0 Å². The second kappa shape index (κ2) is 15.3. The number of rotatable bonds is 14. The van der Waals surface area contributed by atoms with E-state index in [4.69, 9.17) is 9.84 Å². The van der Waals surface area contributed by atoms with Crippen molar-refractivity contribution in [2.75, 3.05) is 57.7 Å². The number of amides is 2. The molecule has 10 nitrogen and oxygen atoms in total. The Bertz CT molecular complexity index is 1060. The molecule has 0 aliphatic carbocycles. The number of hydrogen-bond donors (Lipinski definition) is 4. The maximum atomic E-state index is 14.0. The number of urea groups is 1. The normalized spacial score (nSPS) is 14.4. The number of halogens is 3. The fourth-order valence-electron chi connectivity index (χ4n) is 4.04. The van der Waals surface area contributed by atoms with Crippen molar-refractivity contribution in [3.8, 4) is 5.88 Å². The lowest BCUT2D eigenvalue weighted by Gasteiger charge is -2.34. The van der Waals surface area contributed by atoms with Gasteiger partial charge in [0, 0.05) is 43.7 Å². The van der Waals surface area contributed by atoms with E-state index in [-0.39, 0.29) is 33.1 Å². The minimum atomic E-state index is -1.39. The Labute approximate surface area is 232 Å².